The number of aliphatic hydroxyl groups excluding tert-OH is 1. The molecule has 0 bridgehead atoms. The second kappa shape index (κ2) is 13.7. The van der Waals surface area contributed by atoms with Crippen molar-refractivity contribution >= 4 is 8.80 Å². The van der Waals surface area contributed by atoms with E-state index in [9.17, 15) is 0 Å². The Balaban J connectivity index is -0.000000350. The average molecular weight is 479 g/mol. The van der Waals surface area contributed by atoms with Crippen molar-refractivity contribution in [2.75, 3.05) is 6.61 Å². The van der Waals surface area contributed by atoms with Crippen LogP contribution in [0.5, 0.6) is 0 Å². The molecule has 0 aromatic carbocycles. The Bertz CT molecular complexity index is 532. The molecule has 0 spiro atoms. The number of hydrogen-bond acceptors (Lipinski definition) is 1. The summed E-state index contributed by atoms with van der Waals surface area (Å²) in [6.45, 7) is 15.9. The fraction of sp³-hybridized carbons (Fsp3) is 0.600. The van der Waals surface area contributed by atoms with Crippen LogP contribution in [0.3, 0.4) is 0 Å². The predicted molar refractivity (Wildman–Crippen MR) is 99.2 cm³/mol. The zero-order chi connectivity index (χ0) is 16.9. The molecule has 25 heavy (non-hydrogen) atoms. The van der Waals surface area contributed by atoms with Gasteiger partial charge < -0.3 is 29.9 Å². The minimum Gasteiger partial charge on any atom is -1.00 e. The first kappa shape index (κ1) is 30.3. The molecule has 2 aliphatic carbocycles. The molecule has 0 atom stereocenters. The molecule has 2 rings (SSSR count). The van der Waals surface area contributed by atoms with E-state index >= 15 is 0 Å². The second-order valence-electron chi connectivity index (χ2n) is 7.13. The topological polar surface area (TPSA) is 20.2 Å². The summed E-state index contributed by atoms with van der Waals surface area (Å²) in [5.41, 5.74) is 5.86. The molecule has 140 valence electrons. The van der Waals surface area contributed by atoms with Crippen molar-refractivity contribution in [1.29, 1.82) is 0 Å². The quantitative estimate of drug-likeness (QED) is 0.405. The van der Waals surface area contributed by atoms with Gasteiger partial charge >= 0.3 is 26.2 Å². The van der Waals surface area contributed by atoms with E-state index in [1.54, 1.807) is 0 Å². The van der Waals surface area contributed by atoms with Crippen molar-refractivity contribution in [3.05, 3.63) is 45.7 Å². The van der Waals surface area contributed by atoms with Gasteiger partial charge in [-0.05, 0) is 6.42 Å². The van der Waals surface area contributed by atoms with Crippen LogP contribution in [0.25, 0.3) is 0 Å². The summed E-state index contributed by atoms with van der Waals surface area (Å²) >= 11 is 0. The summed E-state index contributed by atoms with van der Waals surface area (Å²) in [6, 6.07) is 0. The minimum atomic E-state index is -0.668. The van der Waals surface area contributed by atoms with Gasteiger partial charge in [0, 0.05) is 15.4 Å². The van der Waals surface area contributed by atoms with Crippen LogP contribution in [0.15, 0.2) is 33.6 Å². The van der Waals surface area contributed by atoms with E-state index in [1.165, 1.54) is 27.5 Å². The molecule has 1 N–H and O–H groups in total. The van der Waals surface area contributed by atoms with Gasteiger partial charge in [0.1, 0.15) is 0 Å². The van der Waals surface area contributed by atoms with E-state index in [0.717, 1.165) is 19.3 Å². The van der Waals surface area contributed by atoms with Gasteiger partial charge in [-0.25, -0.2) is 16.3 Å². The van der Waals surface area contributed by atoms with E-state index < -0.39 is 8.80 Å². The molecule has 0 saturated carbocycles. The Morgan fingerprint density at radius 3 is 2.04 bits per heavy atom. The van der Waals surface area contributed by atoms with Crippen molar-refractivity contribution in [2.45, 2.75) is 67.0 Å². The number of rotatable bonds is 4. The molecule has 0 fully saturated rings. The van der Waals surface area contributed by atoms with Crippen molar-refractivity contribution in [1.82, 2.24) is 0 Å². The summed E-state index contributed by atoms with van der Waals surface area (Å²) in [7, 11) is -0.668. The average Bonchev–Trinajstić information content (AvgIpc) is 2.97. The number of allylic oxidation sites excluding steroid dienone is 8. The van der Waals surface area contributed by atoms with Crippen LogP contribution in [0.4, 0.5) is 0 Å². The van der Waals surface area contributed by atoms with Crippen LogP contribution in [-0.4, -0.2) is 20.5 Å². The van der Waals surface area contributed by atoms with Crippen LogP contribution in [0.2, 0.25) is 13.1 Å². The smallest absolute Gasteiger partial charge is 1.00 e. The van der Waals surface area contributed by atoms with Crippen LogP contribution in [0.1, 0.15) is 53.9 Å². The van der Waals surface area contributed by atoms with Crippen LogP contribution >= 0.6 is 0 Å². The van der Waals surface area contributed by atoms with E-state index in [4.69, 9.17) is 5.11 Å². The minimum absolute atomic E-state index is 0. The monoisotopic (exact) mass is 476 g/mol. The Hall–Kier alpha value is 0.600. The van der Waals surface area contributed by atoms with Crippen molar-refractivity contribution in [3.8, 4) is 0 Å². The molecule has 0 saturated heterocycles. The summed E-state index contributed by atoms with van der Waals surface area (Å²) in [6.07, 6.45) is 12.1. The normalized spacial score (nSPS) is 17.4. The fourth-order valence-electron chi connectivity index (χ4n) is 3.00. The van der Waals surface area contributed by atoms with Gasteiger partial charge in [0.05, 0.1) is 0 Å². The third kappa shape index (κ3) is 8.89. The molecule has 0 aromatic heterocycles. The van der Waals surface area contributed by atoms with Crippen molar-refractivity contribution in [2.24, 2.45) is 5.41 Å². The van der Waals surface area contributed by atoms with E-state index in [0.29, 0.717) is 6.61 Å². The number of halogens is 2. The van der Waals surface area contributed by atoms with Gasteiger partial charge in [-0.2, -0.15) is 17.2 Å². The summed E-state index contributed by atoms with van der Waals surface area (Å²) in [4.78, 5) is 0. The molecule has 0 aliphatic heterocycles. The Labute approximate surface area is 188 Å². The maximum atomic E-state index is 8.71. The van der Waals surface area contributed by atoms with Gasteiger partial charge in [0.25, 0.3) is 0 Å². The molecular formula is C20H32Cl2OSiZr. The zero-order valence-electron chi connectivity index (χ0n) is 16.7. The van der Waals surface area contributed by atoms with E-state index in [1.807, 2.05) is 0 Å². The molecule has 5 heteroatoms. The van der Waals surface area contributed by atoms with Crippen LogP contribution in [0, 0.1) is 17.6 Å². The van der Waals surface area contributed by atoms with Gasteiger partial charge in [-0.1, -0.05) is 52.6 Å². The molecule has 0 amide bonds. The summed E-state index contributed by atoms with van der Waals surface area (Å²) in [5, 5.41) is 10.2. The Morgan fingerprint density at radius 2 is 1.72 bits per heavy atom. The van der Waals surface area contributed by atoms with Crippen molar-refractivity contribution in [3.63, 3.8) is 0 Å². The molecule has 0 aromatic rings. The summed E-state index contributed by atoms with van der Waals surface area (Å²) < 4.78 is 0. The largest absolute Gasteiger partial charge is 4.00 e. The second-order valence-corrected chi connectivity index (χ2v) is 10.0. The molecule has 1 nitrogen and oxygen atoms in total. The summed E-state index contributed by atoms with van der Waals surface area (Å²) in [5.74, 6) is 0. The standard InChI is InChI=1S/C10H17OSi.C10H15.2ClH.Zr/c1-12(2)10-7-3-5-9(10)6-4-8-11;1-7-6-10(4,5)9(3)8(7)2;;;/h5,11-12H,3-4,6,8H2,1-2H3;1-5H3;2*1H;/q2*-1;;;+4/p-2. The number of aliphatic hydroxyl groups is 1. The fourth-order valence-corrected chi connectivity index (χ4v) is 4.52. The maximum Gasteiger partial charge on any atom is 4.00 e. The Kier molecular flexibility index (Phi) is 16.6. The molecule has 0 heterocycles. The predicted octanol–water partition coefficient (Wildman–Crippen LogP) is -1.04. The van der Waals surface area contributed by atoms with E-state index in [-0.39, 0.29) is 56.4 Å². The van der Waals surface area contributed by atoms with Gasteiger partial charge in [0.2, 0.25) is 0 Å². The van der Waals surface area contributed by atoms with Gasteiger partial charge in [-0.15, -0.1) is 13.3 Å². The van der Waals surface area contributed by atoms with E-state index in [2.05, 4.69) is 65.9 Å². The van der Waals surface area contributed by atoms with Gasteiger partial charge in [-0.3, -0.25) is 12.2 Å². The number of hydrogen-bond donors (Lipinski definition) is 1. The first-order valence-electron chi connectivity index (χ1n) is 8.41. The SMILES string of the molecule is CC1=[C-]C(C)(C)C(C)=C1C.C[SiH](C)C1=[C-]CC=C1CCCO.[Cl-].[Cl-].[Zr+4]. The van der Waals surface area contributed by atoms with Gasteiger partial charge in [0.15, 0.2) is 0 Å². The molecule has 0 radical (unpaired) electrons. The maximum absolute atomic E-state index is 8.71. The molecule has 0 unspecified atom stereocenters. The Morgan fingerprint density at radius 1 is 1.16 bits per heavy atom. The molecule has 2 aliphatic rings. The third-order valence-corrected chi connectivity index (χ3v) is 6.46. The molecular weight excluding hydrogens is 446 g/mol. The first-order valence-corrected chi connectivity index (χ1v) is 11.3. The van der Waals surface area contributed by atoms with Crippen LogP contribution in [-0.2, 0) is 26.2 Å². The first-order chi connectivity index (χ1) is 10.2. The zero-order valence-corrected chi connectivity index (χ0v) is 21.8. The van der Waals surface area contributed by atoms with Crippen LogP contribution < -0.4 is 24.8 Å². The van der Waals surface area contributed by atoms with Crippen molar-refractivity contribution < 1.29 is 56.1 Å². The third-order valence-electron chi connectivity index (χ3n) is 4.73.